The summed E-state index contributed by atoms with van der Waals surface area (Å²) in [5.41, 5.74) is -0.455. The highest BCUT2D eigenvalue weighted by Gasteiger charge is 2.34. The molecule has 0 saturated heterocycles. The Morgan fingerprint density at radius 1 is 1.11 bits per heavy atom. The molecule has 1 unspecified atom stereocenters. The first kappa shape index (κ1) is 12.5. The summed E-state index contributed by atoms with van der Waals surface area (Å²) in [6, 6.07) is 11.2. The van der Waals surface area contributed by atoms with E-state index in [-0.39, 0.29) is 11.3 Å². The van der Waals surface area contributed by atoms with E-state index in [1.165, 1.54) is 31.4 Å². The fraction of sp³-hybridized carbons (Fsp3) is 0.143. The van der Waals surface area contributed by atoms with Gasteiger partial charge in [-0.15, -0.1) is 0 Å². The van der Waals surface area contributed by atoms with Crippen molar-refractivity contribution in [2.24, 2.45) is 0 Å². The lowest BCUT2D eigenvalue weighted by Gasteiger charge is -2.20. The Bertz CT molecular complexity index is 539. The molecule has 0 spiro atoms. The molecular weight excluding hydrogens is 238 g/mol. The summed E-state index contributed by atoms with van der Waals surface area (Å²) < 4.78 is 32.9. The average Bonchev–Trinajstić information content (AvgIpc) is 2.39. The van der Waals surface area contributed by atoms with E-state index in [1.54, 1.807) is 18.2 Å². The molecule has 0 fully saturated rings. The molecule has 94 valence electrons. The van der Waals surface area contributed by atoms with Gasteiger partial charge in [0, 0.05) is 11.6 Å². The maximum Gasteiger partial charge on any atom is 0.262 e. The van der Waals surface area contributed by atoms with Crippen molar-refractivity contribution in [3.05, 3.63) is 65.5 Å². The molecule has 0 bridgehead atoms. The van der Waals surface area contributed by atoms with E-state index in [4.69, 9.17) is 4.74 Å². The summed E-state index contributed by atoms with van der Waals surface area (Å²) >= 11 is 0. The summed E-state index contributed by atoms with van der Waals surface area (Å²) in [7, 11) is 1.38. The standard InChI is InChI=1S/C14H12F2O2/c1-18-11-7-8-12(13(15)9-11)14(16,17)10-5-3-2-4-6-10/h2-9,17H,1H3. The van der Waals surface area contributed by atoms with Crippen molar-refractivity contribution in [1.29, 1.82) is 0 Å². The smallest absolute Gasteiger partial charge is 0.262 e. The number of hydrogen-bond donors (Lipinski definition) is 1. The van der Waals surface area contributed by atoms with Crippen LogP contribution in [0.2, 0.25) is 0 Å². The van der Waals surface area contributed by atoms with Crippen molar-refractivity contribution in [2.45, 2.75) is 5.85 Å². The van der Waals surface area contributed by atoms with E-state index in [0.717, 1.165) is 6.07 Å². The van der Waals surface area contributed by atoms with Gasteiger partial charge in [0.25, 0.3) is 5.85 Å². The molecular formula is C14H12F2O2. The molecule has 0 radical (unpaired) electrons. The summed E-state index contributed by atoms with van der Waals surface area (Å²) in [4.78, 5) is 0. The molecule has 0 aliphatic carbocycles. The highest BCUT2D eigenvalue weighted by Crippen LogP contribution is 2.33. The molecule has 1 atom stereocenters. The van der Waals surface area contributed by atoms with Crippen LogP contribution in [0.5, 0.6) is 5.75 Å². The van der Waals surface area contributed by atoms with Crippen LogP contribution in [0.1, 0.15) is 11.1 Å². The number of methoxy groups -OCH3 is 1. The van der Waals surface area contributed by atoms with Crippen LogP contribution in [0.3, 0.4) is 0 Å². The molecule has 2 aromatic carbocycles. The Hall–Kier alpha value is -1.94. The van der Waals surface area contributed by atoms with E-state index >= 15 is 0 Å². The molecule has 0 saturated carbocycles. The predicted molar refractivity (Wildman–Crippen MR) is 63.5 cm³/mol. The molecule has 2 aromatic rings. The second-order valence-corrected chi connectivity index (χ2v) is 3.83. The van der Waals surface area contributed by atoms with Gasteiger partial charge >= 0.3 is 0 Å². The van der Waals surface area contributed by atoms with Gasteiger partial charge in [-0.25, -0.2) is 8.78 Å². The number of rotatable bonds is 3. The summed E-state index contributed by atoms with van der Waals surface area (Å²) in [5, 5.41) is 9.85. The van der Waals surface area contributed by atoms with Crippen molar-refractivity contribution >= 4 is 0 Å². The van der Waals surface area contributed by atoms with Crippen LogP contribution < -0.4 is 4.74 Å². The van der Waals surface area contributed by atoms with Gasteiger partial charge in [0.1, 0.15) is 11.6 Å². The Balaban J connectivity index is 2.48. The predicted octanol–water partition coefficient (Wildman–Crippen LogP) is 3.00. The Morgan fingerprint density at radius 2 is 1.78 bits per heavy atom. The zero-order valence-electron chi connectivity index (χ0n) is 9.73. The number of alkyl halides is 1. The van der Waals surface area contributed by atoms with E-state index in [0.29, 0.717) is 0 Å². The van der Waals surface area contributed by atoms with Gasteiger partial charge in [-0.3, -0.25) is 0 Å². The minimum absolute atomic E-state index is 0.0194. The van der Waals surface area contributed by atoms with Crippen molar-refractivity contribution in [2.75, 3.05) is 7.11 Å². The first-order valence-electron chi connectivity index (χ1n) is 5.36. The second-order valence-electron chi connectivity index (χ2n) is 3.83. The third kappa shape index (κ3) is 2.19. The largest absolute Gasteiger partial charge is 0.497 e. The van der Waals surface area contributed by atoms with Crippen LogP contribution in [-0.2, 0) is 5.85 Å². The topological polar surface area (TPSA) is 29.5 Å². The zero-order chi connectivity index (χ0) is 13.2. The van der Waals surface area contributed by atoms with Crippen LogP contribution in [0, 0.1) is 5.82 Å². The maximum atomic E-state index is 14.3. The van der Waals surface area contributed by atoms with E-state index in [9.17, 15) is 13.9 Å². The average molecular weight is 250 g/mol. The summed E-state index contributed by atoms with van der Waals surface area (Å²) in [6.45, 7) is 0. The van der Waals surface area contributed by atoms with Crippen molar-refractivity contribution in [1.82, 2.24) is 0 Å². The van der Waals surface area contributed by atoms with Crippen LogP contribution in [0.4, 0.5) is 8.78 Å². The van der Waals surface area contributed by atoms with Crippen LogP contribution in [0.25, 0.3) is 0 Å². The molecule has 2 rings (SSSR count). The Labute approximate surface area is 103 Å². The molecule has 0 aromatic heterocycles. The third-order valence-electron chi connectivity index (χ3n) is 2.69. The lowest BCUT2D eigenvalue weighted by molar-refractivity contribution is -0.0573. The molecule has 0 aliphatic heterocycles. The lowest BCUT2D eigenvalue weighted by atomic mass is 9.98. The van der Waals surface area contributed by atoms with Gasteiger partial charge in [0.2, 0.25) is 0 Å². The number of aliphatic hydroxyl groups is 1. The Morgan fingerprint density at radius 3 is 2.33 bits per heavy atom. The van der Waals surface area contributed by atoms with Gasteiger partial charge in [-0.2, -0.15) is 0 Å². The van der Waals surface area contributed by atoms with Crippen LogP contribution >= 0.6 is 0 Å². The maximum absolute atomic E-state index is 14.3. The van der Waals surface area contributed by atoms with Gasteiger partial charge < -0.3 is 9.84 Å². The number of hydrogen-bond acceptors (Lipinski definition) is 2. The van der Waals surface area contributed by atoms with Gasteiger partial charge in [-0.1, -0.05) is 30.3 Å². The van der Waals surface area contributed by atoms with Crippen LogP contribution in [0.15, 0.2) is 48.5 Å². The highest BCUT2D eigenvalue weighted by atomic mass is 19.2. The van der Waals surface area contributed by atoms with E-state index < -0.39 is 17.2 Å². The van der Waals surface area contributed by atoms with Gasteiger partial charge in [-0.05, 0) is 12.1 Å². The van der Waals surface area contributed by atoms with E-state index in [2.05, 4.69) is 0 Å². The monoisotopic (exact) mass is 250 g/mol. The van der Waals surface area contributed by atoms with Crippen molar-refractivity contribution in [3.63, 3.8) is 0 Å². The van der Waals surface area contributed by atoms with Crippen LogP contribution in [-0.4, -0.2) is 12.2 Å². The molecule has 18 heavy (non-hydrogen) atoms. The molecule has 0 amide bonds. The summed E-state index contributed by atoms with van der Waals surface area (Å²) in [6.07, 6.45) is 0. The highest BCUT2D eigenvalue weighted by molar-refractivity contribution is 5.37. The quantitative estimate of drug-likeness (QED) is 0.907. The van der Waals surface area contributed by atoms with Crippen molar-refractivity contribution < 1.29 is 18.6 Å². The molecule has 2 nitrogen and oxygen atoms in total. The zero-order valence-corrected chi connectivity index (χ0v) is 9.73. The number of benzene rings is 2. The second kappa shape index (κ2) is 4.74. The molecule has 0 aliphatic rings. The summed E-state index contributed by atoms with van der Waals surface area (Å²) in [5.74, 6) is -3.46. The molecule has 4 heteroatoms. The SMILES string of the molecule is COc1ccc(C(O)(F)c2ccccc2)c(F)c1. The third-order valence-corrected chi connectivity index (χ3v) is 2.69. The first-order chi connectivity index (χ1) is 8.55. The Kier molecular flexibility index (Phi) is 3.30. The minimum atomic E-state index is -2.86. The first-order valence-corrected chi connectivity index (χ1v) is 5.36. The fourth-order valence-electron chi connectivity index (χ4n) is 1.71. The van der Waals surface area contributed by atoms with Gasteiger partial charge in [0.15, 0.2) is 0 Å². The van der Waals surface area contributed by atoms with Crippen molar-refractivity contribution in [3.8, 4) is 5.75 Å². The van der Waals surface area contributed by atoms with E-state index in [1.807, 2.05) is 0 Å². The lowest BCUT2D eigenvalue weighted by Crippen LogP contribution is -2.22. The van der Waals surface area contributed by atoms with Gasteiger partial charge in [0.05, 0.1) is 12.7 Å². The minimum Gasteiger partial charge on any atom is -0.497 e. The molecule has 1 N–H and O–H groups in total. The normalized spacial score (nSPS) is 14.0. The molecule has 0 heterocycles. The fourth-order valence-corrected chi connectivity index (χ4v) is 1.71. The number of halogens is 2. The number of ether oxygens (including phenoxy) is 1.